The van der Waals surface area contributed by atoms with Crippen molar-refractivity contribution in [1.29, 1.82) is 5.26 Å². The number of hydrogen-bond donors (Lipinski definition) is 3. The van der Waals surface area contributed by atoms with Crippen molar-refractivity contribution in [2.45, 2.75) is 6.92 Å². The van der Waals surface area contributed by atoms with Gasteiger partial charge in [-0.25, -0.2) is 9.37 Å². The predicted octanol–water partition coefficient (Wildman–Crippen LogP) is 2.68. The van der Waals surface area contributed by atoms with Crippen molar-refractivity contribution in [3.8, 4) is 6.07 Å². The van der Waals surface area contributed by atoms with Gasteiger partial charge in [0.2, 0.25) is 0 Å². The van der Waals surface area contributed by atoms with Crippen LogP contribution in [0.15, 0.2) is 30.6 Å². The van der Waals surface area contributed by atoms with Gasteiger partial charge < -0.3 is 19.9 Å². The minimum absolute atomic E-state index is 0.276. The summed E-state index contributed by atoms with van der Waals surface area (Å²) in [5.74, 6) is 0.0587. The molecule has 3 N–H and O–H groups in total. The van der Waals surface area contributed by atoms with E-state index in [2.05, 4.69) is 36.8 Å². The Morgan fingerprint density at radius 1 is 1.21 bits per heavy atom. The van der Waals surface area contributed by atoms with Crippen LogP contribution in [0.5, 0.6) is 0 Å². The average Bonchev–Trinajstić information content (AvgIpc) is 3.31. The molecule has 0 amide bonds. The highest BCUT2D eigenvalue weighted by Crippen LogP contribution is 2.31. The van der Waals surface area contributed by atoms with Crippen LogP contribution in [-0.4, -0.2) is 45.8 Å². The second kappa shape index (κ2) is 6.76. The minimum atomic E-state index is -0.426. The van der Waals surface area contributed by atoms with Crippen LogP contribution in [-0.2, 0) is 0 Å². The molecule has 29 heavy (non-hydrogen) atoms. The van der Waals surface area contributed by atoms with E-state index in [-0.39, 0.29) is 5.65 Å². The number of imidazole rings is 1. The fourth-order valence-electron chi connectivity index (χ4n) is 3.81. The summed E-state index contributed by atoms with van der Waals surface area (Å²) < 4.78 is 16.0. The van der Waals surface area contributed by atoms with E-state index in [9.17, 15) is 9.65 Å². The van der Waals surface area contributed by atoms with Crippen LogP contribution in [0, 0.1) is 24.1 Å². The highest BCUT2D eigenvalue weighted by atomic mass is 19.1. The number of pyridine rings is 1. The molecule has 3 aromatic heterocycles. The number of nitrogens with zero attached hydrogens (tertiary/aromatic N) is 5. The largest absolute Gasteiger partial charge is 0.369 e. The zero-order chi connectivity index (χ0) is 20.0. The maximum absolute atomic E-state index is 14.4. The van der Waals surface area contributed by atoms with E-state index in [1.807, 2.05) is 19.1 Å². The first kappa shape index (κ1) is 17.5. The number of aromatic amines is 1. The standard InChI is InChI=1S/C20H19FN8/c1-12-10-29-11-14(7-16(21)20(29)24-12)25-19-18-13(9-22)6-15(8-17(18)26-27-19)28-4-2-23-3-5-28/h6-8,10-11,23H,2-5H2,1H3,(H2,25,26,27). The van der Waals surface area contributed by atoms with Gasteiger partial charge in [-0.3, -0.25) is 5.10 Å². The molecule has 0 unspecified atom stereocenters. The van der Waals surface area contributed by atoms with E-state index in [1.165, 1.54) is 6.07 Å². The molecule has 0 saturated carbocycles. The lowest BCUT2D eigenvalue weighted by atomic mass is 10.1. The van der Waals surface area contributed by atoms with Gasteiger partial charge in [0.05, 0.1) is 27.8 Å². The number of fused-ring (bicyclic) bond motifs is 2. The van der Waals surface area contributed by atoms with E-state index in [0.29, 0.717) is 22.5 Å². The zero-order valence-corrected chi connectivity index (χ0v) is 15.8. The summed E-state index contributed by atoms with van der Waals surface area (Å²) in [4.78, 5) is 6.41. The lowest BCUT2D eigenvalue weighted by Gasteiger charge is -2.29. The number of aromatic nitrogens is 4. The molecular weight excluding hydrogens is 371 g/mol. The highest BCUT2D eigenvalue weighted by molar-refractivity contribution is 5.98. The van der Waals surface area contributed by atoms with Crippen LogP contribution >= 0.6 is 0 Å². The lowest BCUT2D eigenvalue weighted by Crippen LogP contribution is -2.43. The fraction of sp³-hybridized carbons (Fsp3) is 0.250. The quantitative estimate of drug-likeness (QED) is 0.498. The number of hydrogen-bond acceptors (Lipinski definition) is 6. The summed E-state index contributed by atoms with van der Waals surface area (Å²) in [6.07, 6.45) is 3.51. The number of piperazine rings is 1. The van der Waals surface area contributed by atoms with Crippen molar-refractivity contribution in [3.63, 3.8) is 0 Å². The Hall–Kier alpha value is -3.64. The predicted molar refractivity (Wildman–Crippen MR) is 109 cm³/mol. The normalized spacial score (nSPS) is 14.4. The first-order valence-corrected chi connectivity index (χ1v) is 9.42. The van der Waals surface area contributed by atoms with Crippen molar-refractivity contribution in [3.05, 3.63) is 47.7 Å². The van der Waals surface area contributed by atoms with E-state index < -0.39 is 5.82 Å². The molecule has 5 rings (SSSR count). The Bertz CT molecular complexity index is 1260. The number of rotatable bonds is 3. The third kappa shape index (κ3) is 3.03. The molecule has 1 fully saturated rings. The monoisotopic (exact) mass is 390 g/mol. The maximum atomic E-state index is 14.4. The van der Waals surface area contributed by atoms with Crippen molar-refractivity contribution < 1.29 is 4.39 Å². The highest BCUT2D eigenvalue weighted by Gasteiger charge is 2.17. The van der Waals surface area contributed by atoms with Crippen molar-refractivity contribution >= 4 is 33.7 Å². The summed E-state index contributed by atoms with van der Waals surface area (Å²) in [6, 6.07) is 7.54. The summed E-state index contributed by atoms with van der Waals surface area (Å²) in [7, 11) is 0. The molecule has 9 heteroatoms. The van der Waals surface area contributed by atoms with Crippen LogP contribution in [0.3, 0.4) is 0 Å². The molecule has 146 valence electrons. The third-order valence-corrected chi connectivity index (χ3v) is 5.14. The van der Waals surface area contributed by atoms with Gasteiger partial charge in [0.15, 0.2) is 17.3 Å². The summed E-state index contributed by atoms with van der Waals surface area (Å²) in [5.41, 5.74) is 3.81. The fourth-order valence-corrected chi connectivity index (χ4v) is 3.81. The number of nitriles is 1. The van der Waals surface area contributed by atoms with Crippen LogP contribution in [0.4, 0.5) is 21.6 Å². The SMILES string of the molecule is Cc1cn2cc(Nc3n[nH]c4cc(N5CCNCC5)cc(C#N)c34)cc(F)c2n1. The Morgan fingerprint density at radius 2 is 2.03 bits per heavy atom. The minimum Gasteiger partial charge on any atom is -0.369 e. The summed E-state index contributed by atoms with van der Waals surface area (Å²) in [5, 5.41) is 24.2. The summed E-state index contributed by atoms with van der Waals surface area (Å²) in [6.45, 7) is 5.42. The Labute approximate surface area is 166 Å². The first-order valence-electron chi connectivity index (χ1n) is 9.42. The third-order valence-electron chi connectivity index (χ3n) is 5.14. The molecular formula is C20H19FN8. The van der Waals surface area contributed by atoms with E-state index >= 15 is 0 Å². The van der Waals surface area contributed by atoms with Gasteiger partial charge in [-0.1, -0.05) is 0 Å². The van der Waals surface area contributed by atoms with Gasteiger partial charge >= 0.3 is 0 Å². The van der Waals surface area contributed by atoms with Gasteiger partial charge in [0.1, 0.15) is 6.07 Å². The van der Waals surface area contributed by atoms with Crippen LogP contribution in [0.1, 0.15) is 11.3 Å². The molecule has 1 aromatic carbocycles. The second-order valence-electron chi connectivity index (χ2n) is 7.15. The molecule has 0 bridgehead atoms. The van der Waals surface area contributed by atoms with E-state index in [1.54, 1.807) is 16.8 Å². The number of halogens is 1. The molecule has 1 aliphatic heterocycles. The average molecular weight is 390 g/mol. The van der Waals surface area contributed by atoms with Crippen molar-refractivity contribution in [2.24, 2.45) is 0 Å². The van der Waals surface area contributed by atoms with Crippen LogP contribution < -0.4 is 15.5 Å². The van der Waals surface area contributed by atoms with Gasteiger partial charge in [-0.05, 0) is 19.1 Å². The first-order chi connectivity index (χ1) is 14.1. The van der Waals surface area contributed by atoms with E-state index in [4.69, 9.17) is 0 Å². The van der Waals surface area contributed by atoms with Crippen molar-refractivity contribution in [1.82, 2.24) is 24.9 Å². The smallest absolute Gasteiger partial charge is 0.173 e. The van der Waals surface area contributed by atoms with Crippen LogP contribution in [0.2, 0.25) is 0 Å². The Morgan fingerprint density at radius 3 is 2.83 bits per heavy atom. The zero-order valence-electron chi connectivity index (χ0n) is 15.8. The number of H-pyrrole nitrogens is 1. The molecule has 0 aliphatic carbocycles. The maximum Gasteiger partial charge on any atom is 0.173 e. The van der Waals surface area contributed by atoms with Gasteiger partial charge in [0.25, 0.3) is 0 Å². The second-order valence-corrected chi connectivity index (χ2v) is 7.15. The van der Waals surface area contributed by atoms with Gasteiger partial charge in [-0.2, -0.15) is 10.4 Å². The molecule has 0 atom stereocenters. The number of nitrogens with one attached hydrogen (secondary N) is 3. The molecule has 4 aromatic rings. The van der Waals surface area contributed by atoms with Crippen molar-refractivity contribution in [2.75, 3.05) is 36.4 Å². The van der Waals surface area contributed by atoms with Crippen LogP contribution in [0.25, 0.3) is 16.6 Å². The lowest BCUT2D eigenvalue weighted by molar-refractivity contribution is 0.589. The topological polar surface area (TPSA) is 97.1 Å². The molecule has 0 spiro atoms. The Balaban J connectivity index is 1.55. The van der Waals surface area contributed by atoms with E-state index in [0.717, 1.165) is 43.1 Å². The molecule has 1 aliphatic rings. The Kier molecular flexibility index (Phi) is 4.07. The number of anilines is 3. The van der Waals surface area contributed by atoms with Gasteiger partial charge in [0, 0.05) is 50.3 Å². The molecule has 8 nitrogen and oxygen atoms in total. The molecule has 0 radical (unpaired) electrons. The molecule has 1 saturated heterocycles. The number of benzene rings is 1. The number of aryl methyl sites for hydroxylation is 1. The summed E-state index contributed by atoms with van der Waals surface area (Å²) >= 11 is 0. The van der Waals surface area contributed by atoms with Gasteiger partial charge in [-0.15, -0.1) is 0 Å². The molecule has 4 heterocycles.